The van der Waals surface area contributed by atoms with Crippen LogP contribution in [0.2, 0.25) is 0 Å². The molecule has 0 N–H and O–H groups in total. The smallest absolute Gasteiger partial charge is 0.0409 e. The Labute approximate surface area is 74.1 Å². The summed E-state index contributed by atoms with van der Waals surface area (Å²) in [6, 6.07) is 4.98. The lowest BCUT2D eigenvalue weighted by Gasteiger charge is -2.00. The second-order valence-electron chi connectivity index (χ2n) is 2.30. The maximum Gasteiger partial charge on any atom is 0.0409 e. The Morgan fingerprint density at radius 1 is 1.08 bits per heavy atom. The molecule has 6 heteroatoms. The number of hydrogen-bond donors (Lipinski definition) is 0. The molecule has 6 nitrogen and oxygen atoms in total. The molecule has 0 amide bonds. The Balaban J connectivity index is 3.33. The van der Waals surface area contributed by atoms with Gasteiger partial charge in [-0.1, -0.05) is 28.4 Å². The summed E-state index contributed by atoms with van der Waals surface area (Å²) in [5.41, 5.74) is 18.1. The zero-order valence-electron chi connectivity index (χ0n) is 6.92. The van der Waals surface area contributed by atoms with Gasteiger partial charge in [-0.25, -0.2) is 0 Å². The molecular formula is C7H6N6. The van der Waals surface area contributed by atoms with Crippen LogP contribution in [-0.2, 0) is 0 Å². The summed E-state index contributed by atoms with van der Waals surface area (Å²) in [5, 5.41) is 6.89. The van der Waals surface area contributed by atoms with Crippen LogP contribution in [0.15, 0.2) is 28.4 Å². The Hall–Kier alpha value is -2.16. The van der Waals surface area contributed by atoms with Crippen molar-refractivity contribution in [1.29, 1.82) is 0 Å². The van der Waals surface area contributed by atoms with Gasteiger partial charge in [0.15, 0.2) is 0 Å². The van der Waals surface area contributed by atoms with Gasteiger partial charge in [-0.05, 0) is 23.5 Å². The minimum atomic E-state index is 0.479. The molecule has 0 saturated heterocycles. The van der Waals surface area contributed by atoms with E-state index in [0.29, 0.717) is 16.9 Å². The Morgan fingerprint density at radius 2 is 1.54 bits per heavy atom. The first kappa shape index (κ1) is 8.93. The molecule has 0 aliphatic rings. The maximum absolute atomic E-state index is 8.22. The van der Waals surface area contributed by atoms with E-state index in [4.69, 9.17) is 11.1 Å². The first-order chi connectivity index (χ1) is 6.29. The number of hydrogen-bond acceptors (Lipinski definition) is 2. The van der Waals surface area contributed by atoms with Crippen molar-refractivity contribution in [2.75, 3.05) is 0 Å². The highest BCUT2D eigenvalue weighted by molar-refractivity contribution is 5.59. The summed E-state index contributed by atoms with van der Waals surface area (Å²) in [6.45, 7) is 1.73. The molecule has 0 aromatic heterocycles. The third kappa shape index (κ3) is 1.90. The average Bonchev–Trinajstić information content (AvgIpc) is 2.13. The fourth-order valence-electron chi connectivity index (χ4n) is 0.925. The largest absolute Gasteiger partial charge is 0.0613 e. The van der Waals surface area contributed by atoms with Crippen LogP contribution < -0.4 is 0 Å². The summed E-state index contributed by atoms with van der Waals surface area (Å²) >= 11 is 0. The van der Waals surface area contributed by atoms with E-state index in [1.807, 2.05) is 0 Å². The zero-order chi connectivity index (χ0) is 9.68. The molecule has 0 spiro atoms. The van der Waals surface area contributed by atoms with Crippen LogP contribution in [0, 0.1) is 6.92 Å². The third-order valence-electron chi connectivity index (χ3n) is 1.58. The van der Waals surface area contributed by atoms with Crippen LogP contribution >= 0.6 is 0 Å². The summed E-state index contributed by atoms with van der Waals surface area (Å²) in [6.07, 6.45) is 0. The van der Waals surface area contributed by atoms with Gasteiger partial charge in [0.05, 0.1) is 0 Å². The van der Waals surface area contributed by atoms with Crippen LogP contribution in [0.25, 0.3) is 20.9 Å². The lowest BCUT2D eigenvalue weighted by atomic mass is 10.2. The third-order valence-corrected chi connectivity index (χ3v) is 1.58. The van der Waals surface area contributed by atoms with Gasteiger partial charge in [0.1, 0.15) is 0 Å². The monoisotopic (exact) mass is 174 g/mol. The van der Waals surface area contributed by atoms with Crippen LogP contribution in [0.1, 0.15) is 5.56 Å². The highest BCUT2D eigenvalue weighted by Gasteiger charge is 1.98. The molecule has 0 aliphatic carbocycles. The van der Waals surface area contributed by atoms with E-state index in [-0.39, 0.29) is 0 Å². The van der Waals surface area contributed by atoms with E-state index in [0.717, 1.165) is 0 Å². The highest BCUT2D eigenvalue weighted by atomic mass is 15.1. The second kappa shape index (κ2) is 4.01. The van der Waals surface area contributed by atoms with Crippen molar-refractivity contribution in [3.8, 4) is 0 Å². The van der Waals surface area contributed by atoms with Crippen molar-refractivity contribution < 1.29 is 0 Å². The highest BCUT2D eigenvalue weighted by Crippen LogP contribution is 2.27. The molecule has 0 atom stereocenters. The Bertz CT molecular complexity index is 375. The van der Waals surface area contributed by atoms with Gasteiger partial charge in [0, 0.05) is 21.2 Å². The van der Waals surface area contributed by atoms with E-state index in [9.17, 15) is 0 Å². The molecule has 64 valence electrons. The number of benzene rings is 1. The van der Waals surface area contributed by atoms with Crippen molar-refractivity contribution >= 4 is 11.4 Å². The quantitative estimate of drug-likeness (QED) is 0.369. The van der Waals surface area contributed by atoms with E-state index >= 15 is 0 Å². The summed E-state index contributed by atoms with van der Waals surface area (Å²) < 4.78 is 0. The topological polar surface area (TPSA) is 97.5 Å². The predicted octanol–water partition coefficient (Wildman–Crippen LogP) is 3.88. The lowest BCUT2D eigenvalue weighted by molar-refractivity contribution is 1.33. The number of nitrogens with zero attached hydrogens (tertiary/aromatic N) is 6. The minimum absolute atomic E-state index is 0.479. The Morgan fingerprint density at radius 3 is 1.92 bits per heavy atom. The standard InChI is InChI=1S/C7H6N6/c1-5-6(10-12-8)3-2-4-7(5)11-13-9/h2-4H,1H3. The SMILES string of the molecule is Cc1c(N=[N+]=[N-])cccc1N=[N+]=[N-]. The Kier molecular flexibility index (Phi) is 2.76. The normalized spacial score (nSPS) is 8.38. The molecule has 1 rings (SSSR count). The lowest BCUT2D eigenvalue weighted by Crippen LogP contribution is -1.73. The van der Waals surface area contributed by atoms with E-state index < -0.39 is 0 Å². The first-order valence-electron chi connectivity index (χ1n) is 3.49. The van der Waals surface area contributed by atoms with Gasteiger partial charge in [-0.15, -0.1) is 0 Å². The molecule has 1 aromatic rings. The maximum atomic E-state index is 8.22. The van der Waals surface area contributed by atoms with Gasteiger partial charge in [0.2, 0.25) is 0 Å². The van der Waals surface area contributed by atoms with Gasteiger partial charge >= 0.3 is 0 Å². The zero-order valence-corrected chi connectivity index (χ0v) is 6.92. The fraction of sp³-hybridized carbons (Fsp3) is 0.143. The van der Waals surface area contributed by atoms with Crippen LogP contribution in [0.5, 0.6) is 0 Å². The van der Waals surface area contributed by atoms with Crippen molar-refractivity contribution in [3.63, 3.8) is 0 Å². The molecular weight excluding hydrogens is 168 g/mol. The fourth-order valence-corrected chi connectivity index (χ4v) is 0.925. The van der Waals surface area contributed by atoms with Gasteiger partial charge in [0.25, 0.3) is 0 Å². The molecule has 1 aromatic carbocycles. The van der Waals surface area contributed by atoms with E-state index in [1.165, 1.54) is 0 Å². The molecule has 0 aliphatic heterocycles. The molecule has 0 unspecified atom stereocenters. The van der Waals surface area contributed by atoms with Crippen LogP contribution in [-0.4, -0.2) is 0 Å². The number of azide groups is 2. The molecule has 0 radical (unpaired) electrons. The molecule has 13 heavy (non-hydrogen) atoms. The summed E-state index contributed by atoms with van der Waals surface area (Å²) in [7, 11) is 0. The molecule has 0 bridgehead atoms. The van der Waals surface area contributed by atoms with Gasteiger partial charge in [-0.3, -0.25) is 0 Å². The van der Waals surface area contributed by atoms with Crippen LogP contribution in [0.3, 0.4) is 0 Å². The van der Waals surface area contributed by atoms with E-state index in [1.54, 1.807) is 25.1 Å². The van der Waals surface area contributed by atoms with Crippen molar-refractivity contribution in [2.24, 2.45) is 10.2 Å². The minimum Gasteiger partial charge on any atom is -0.0613 e. The van der Waals surface area contributed by atoms with Gasteiger partial charge < -0.3 is 0 Å². The van der Waals surface area contributed by atoms with Crippen molar-refractivity contribution in [3.05, 3.63) is 44.6 Å². The summed E-state index contributed by atoms with van der Waals surface area (Å²) in [5.74, 6) is 0. The van der Waals surface area contributed by atoms with Crippen molar-refractivity contribution in [2.45, 2.75) is 6.92 Å². The molecule has 0 fully saturated rings. The van der Waals surface area contributed by atoms with Gasteiger partial charge in [-0.2, -0.15) is 0 Å². The second-order valence-corrected chi connectivity index (χ2v) is 2.30. The number of rotatable bonds is 2. The van der Waals surface area contributed by atoms with Crippen LogP contribution in [0.4, 0.5) is 11.4 Å². The molecule has 0 heterocycles. The predicted molar refractivity (Wildman–Crippen MR) is 48.8 cm³/mol. The van der Waals surface area contributed by atoms with Crippen molar-refractivity contribution in [1.82, 2.24) is 0 Å². The van der Waals surface area contributed by atoms with E-state index in [2.05, 4.69) is 20.1 Å². The average molecular weight is 174 g/mol. The summed E-state index contributed by atoms with van der Waals surface area (Å²) in [4.78, 5) is 5.32. The first-order valence-corrected chi connectivity index (χ1v) is 3.49. The molecule has 0 saturated carbocycles.